The highest BCUT2D eigenvalue weighted by atomic mass is 127. The van der Waals surface area contributed by atoms with Gasteiger partial charge in [0.1, 0.15) is 5.75 Å². The van der Waals surface area contributed by atoms with Gasteiger partial charge < -0.3 is 15.4 Å². The molecule has 0 bridgehead atoms. The number of hydrogen-bond donors (Lipinski definition) is 2. The Morgan fingerprint density at radius 3 is 2.67 bits per heavy atom. The van der Waals surface area contributed by atoms with E-state index >= 15 is 0 Å². The SMILES string of the molecule is CCCOc1cccc(CNC(=NC)NCc2sccc2C)c1.I. The summed E-state index contributed by atoms with van der Waals surface area (Å²) in [4.78, 5) is 5.61. The fourth-order valence-electron chi connectivity index (χ4n) is 2.12. The van der Waals surface area contributed by atoms with E-state index in [4.69, 9.17) is 4.74 Å². The molecule has 1 aromatic carbocycles. The van der Waals surface area contributed by atoms with Crippen molar-refractivity contribution in [3.8, 4) is 5.75 Å². The van der Waals surface area contributed by atoms with E-state index in [2.05, 4.69) is 53.1 Å². The molecule has 0 fully saturated rings. The van der Waals surface area contributed by atoms with Gasteiger partial charge in [0.05, 0.1) is 13.2 Å². The number of nitrogens with zero attached hydrogens (tertiary/aromatic N) is 1. The van der Waals surface area contributed by atoms with Gasteiger partial charge in [0, 0.05) is 18.5 Å². The molecule has 2 N–H and O–H groups in total. The summed E-state index contributed by atoms with van der Waals surface area (Å²) in [5.74, 6) is 1.72. The van der Waals surface area contributed by atoms with Gasteiger partial charge in [-0.3, -0.25) is 4.99 Å². The Morgan fingerprint density at radius 1 is 1.21 bits per heavy atom. The minimum absolute atomic E-state index is 0. The second-order valence-electron chi connectivity index (χ2n) is 5.30. The average molecular weight is 459 g/mol. The standard InChI is InChI=1S/C18H25N3OS.HI/c1-4-9-22-16-7-5-6-15(11-16)12-20-18(19-3)21-13-17-14(2)8-10-23-17;/h5-8,10-11H,4,9,12-13H2,1-3H3,(H2,19,20,21);1H. The normalized spacial score (nSPS) is 10.9. The van der Waals surface area contributed by atoms with E-state index in [9.17, 15) is 0 Å². The summed E-state index contributed by atoms with van der Waals surface area (Å²) in [6, 6.07) is 10.3. The largest absolute Gasteiger partial charge is 0.494 e. The first kappa shape index (κ1) is 20.8. The van der Waals surface area contributed by atoms with Gasteiger partial charge in [0.15, 0.2) is 5.96 Å². The Hall–Kier alpha value is -1.28. The van der Waals surface area contributed by atoms with Crippen molar-refractivity contribution in [1.82, 2.24) is 10.6 Å². The highest BCUT2D eigenvalue weighted by Gasteiger charge is 2.03. The Kier molecular flexibility index (Phi) is 9.78. The number of guanidine groups is 1. The van der Waals surface area contributed by atoms with Gasteiger partial charge in [-0.2, -0.15) is 0 Å². The molecule has 0 amide bonds. The van der Waals surface area contributed by atoms with E-state index in [1.54, 1.807) is 18.4 Å². The van der Waals surface area contributed by atoms with Crippen LogP contribution in [0.15, 0.2) is 40.7 Å². The van der Waals surface area contributed by atoms with E-state index in [0.29, 0.717) is 6.54 Å². The Morgan fingerprint density at radius 2 is 2.00 bits per heavy atom. The quantitative estimate of drug-likeness (QED) is 0.368. The third-order valence-corrected chi connectivity index (χ3v) is 4.46. The molecule has 0 aliphatic carbocycles. The van der Waals surface area contributed by atoms with Crippen molar-refractivity contribution in [2.24, 2.45) is 4.99 Å². The molecule has 0 radical (unpaired) electrons. The summed E-state index contributed by atoms with van der Waals surface area (Å²) in [6.45, 7) is 6.50. The molecule has 1 heterocycles. The van der Waals surface area contributed by atoms with E-state index in [0.717, 1.165) is 31.3 Å². The maximum atomic E-state index is 5.67. The third kappa shape index (κ3) is 6.68. The van der Waals surface area contributed by atoms with Crippen molar-refractivity contribution in [1.29, 1.82) is 0 Å². The van der Waals surface area contributed by atoms with Crippen LogP contribution in [0.4, 0.5) is 0 Å². The fraction of sp³-hybridized carbons (Fsp3) is 0.389. The number of nitrogens with one attached hydrogen (secondary N) is 2. The Labute approximate surface area is 165 Å². The van der Waals surface area contributed by atoms with Crippen LogP contribution in [0.2, 0.25) is 0 Å². The molecule has 0 unspecified atom stereocenters. The average Bonchev–Trinajstić information content (AvgIpc) is 2.98. The molecule has 2 rings (SSSR count). The zero-order chi connectivity index (χ0) is 16.5. The predicted octanol–water partition coefficient (Wildman–Crippen LogP) is 4.33. The maximum Gasteiger partial charge on any atom is 0.191 e. The lowest BCUT2D eigenvalue weighted by molar-refractivity contribution is 0.317. The van der Waals surface area contributed by atoms with Crippen LogP contribution in [-0.2, 0) is 13.1 Å². The van der Waals surface area contributed by atoms with Crippen molar-refractivity contribution in [3.05, 3.63) is 51.7 Å². The number of benzene rings is 1. The van der Waals surface area contributed by atoms with E-state index in [1.807, 2.05) is 12.1 Å². The highest BCUT2D eigenvalue weighted by Crippen LogP contribution is 2.15. The molecule has 24 heavy (non-hydrogen) atoms. The van der Waals surface area contributed by atoms with E-state index in [1.165, 1.54) is 16.0 Å². The molecule has 0 aliphatic heterocycles. The smallest absolute Gasteiger partial charge is 0.191 e. The topological polar surface area (TPSA) is 45.6 Å². The molecule has 2 aromatic rings. The van der Waals surface area contributed by atoms with E-state index < -0.39 is 0 Å². The Balaban J connectivity index is 0.00000288. The number of aryl methyl sites for hydroxylation is 1. The number of halogens is 1. The van der Waals surface area contributed by atoms with Crippen LogP contribution < -0.4 is 15.4 Å². The second kappa shape index (κ2) is 11.3. The second-order valence-corrected chi connectivity index (χ2v) is 6.30. The van der Waals surface area contributed by atoms with Crippen LogP contribution in [0.3, 0.4) is 0 Å². The van der Waals surface area contributed by atoms with Crippen molar-refractivity contribution in [2.45, 2.75) is 33.4 Å². The van der Waals surface area contributed by atoms with Crippen LogP contribution >= 0.6 is 35.3 Å². The zero-order valence-corrected chi connectivity index (χ0v) is 17.6. The number of ether oxygens (including phenoxy) is 1. The predicted molar refractivity (Wildman–Crippen MR) is 114 cm³/mol. The lowest BCUT2D eigenvalue weighted by Gasteiger charge is -2.12. The first-order valence-corrected chi connectivity index (χ1v) is 8.80. The monoisotopic (exact) mass is 459 g/mol. The summed E-state index contributed by atoms with van der Waals surface area (Å²) < 4.78 is 5.67. The van der Waals surface area contributed by atoms with Crippen LogP contribution in [0.1, 0.15) is 29.3 Å². The number of thiophene rings is 1. The minimum atomic E-state index is 0. The number of rotatable bonds is 7. The molecule has 0 atom stereocenters. The number of hydrogen-bond acceptors (Lipinski definition) is 3. The van der Waals surface area contributed by atoms with Gasteiger partial charge in [0.25, 0.3) is 0 Å². The summed E-state index contributed by atoms with van der Waals surface area (Å²) in [7, 11) is 1.79. The molecule has 6 heteroatoms. The van der Waals surface area contributed by atoms with E-state index in [-0.39, 0.29) is 24.0 Å². The first-order valence-electron chi connectivity index (χ1n) is 7.92. The molecule has 4 nitrogen and oxygen atoms in total. The number of aliphatic imine (C=N–C) groups is 1. The van der Waals surface area contributed by atoms with Gasteiger partial charge in [0.2, 0.25) is 0 Å². The van der Waals surface area contributed by atoms with Gasteiger partial charge in [-0.05, 0) is 48.1 Å². The summed E-state index contributed by atoms with van der Waals surface area (Å²) in [5, 5.41) is 8.80. The van der Waals surface area contributed by atoms with Gasteiger partial charge in [-0.1, -0.05) is 19.1 Å². The lowest BCUT2D eigenvalue weighted by atomic mass is 10.2. The summed E-state index contributed by atoms with van der Waals surface area (Å²) in [5.41, 5.74) is 2.49. The van der Waals surface area contributed by atoms with Gasteiger partial charge in [-0.15, -0.1) is 35.3 Å². The van der Waals surface area contributed by atoms with Crippen molar-refractivity contribution < 1.29 is 4.74 Å². The third-order valence-electron chi connectivity index (χ3n) is 3.44. The maximum absolute atomic E-state index is 5.67. The fourth-order valence-corrected chi connectivity index (χ4v) is 2.97. The van der Waals surface area contributed by atoms with Gasteiger partial charge in [-0.25, -0.2) is 0 Å². The summed E-state index contributed by atoms with van der Waals surface area (Å²) in [6.07, 6.45) is 1.02. The molecule has 0 aliphatic rings. The molecule has 132 valence electrons. The zero-order valence-electron chi connectivity index (χ0n) is 14.5. The molecule has 0 spiro atoms. The van der Waals surface area contributed by atoms with Crippen molar-refractivity contribution in [3.63, 3.8) is 0 Å². The van der Waals surface area contributed by atoms with Crippen LogP contribution in [0, 0.1) is 6.92 Å². The molecular weight excluding hydrogens is 433 g/mol. The minimum Gasteiger partial charge on any atom is -0.494 e. The Bertz CT molecular complexity index is 643. The van der Waals surface area contributed by atoms with Gasteiger partial charge >= 0.3 is 0 Å². The molecule has 1 aromatic heterocycles. The van der Waals surface area contributed by atoms with Crippen molar-refractivity contribution >= 4 is 41.3 Å². The van der Waals surface area contributed by atoms with Crippen LogP contribution in [0.5, 0.6) is 5.75 Å². The summed E-state index contributed by atoms with van der Waals surface area (Å²) >= 11 is 1.76. The highest BCUT2D eigenvalue weighted by molar-refractivity contribution is 14.0. The lowest BCUT2D eigenvalue weighted by Crippen LogP contribution is -2.36. The first-order chi connectivity index (χ1) is 11.2. The van der Waals surface area contributed by atoms with Crippen LogP contribution in [0.25, 0.3) is 0 Å². The molecular formula is C18H26IN3OS. The molecule has 0 saturated heterocycles. The molecule has 0 saturated carbocycles. The van der Waals surface area contributed by atoms with Crippen LogP contribution in [-0.4, -0.2) is 19.6 Å². The van der Waals surface area contributed by atoms with Crippen molar-refractivity contribution in [2.75, 3.05) is 13.7 Å².